The van der Waals surface area contributed by atoms with Crippen LogP contribution in [0, 0.1) is 49.3 Å². The molecule has 3 aromatic carbocycles. The molecule has 1 saturated carbocycles. The number of anilines is 3. The first-order valence-corrected chi connectivity index (χ1v) is 16.8. The average Bonchev–Trinajstić information content (AvgIpc) is 3.50. The van der Waals surface area contributed by atoms with Crippen molar-refractivity contribution in [3.05, 3.63) is 92.0 Å². The molecule has 0 spiro atoms. The fraction of sp³-hybridized carbons (Fsp3) is 0.351. The van der Waals surface area contributed by atoms with Crippen molar-refractivity contribution in [1.29, 1.82) is 0 Å². The molecule has 16 heteroatoms. The molecule has 3 fully saturated rings. The molecule has 2 aliphatic carbocycles. The molecule has 6 atom stereocenters. The molecule has 0 aromatic heterocycles. The number of allylic oxidation sites excluding steroid dienone is 2. The monoisotopic (exact) mass is 725 g/mol. The van der Waals surface area contributed by atoms with Crippen LogP contribution >= 0.6 is 0 Å². The highest BCUT2D eigenvalue weighted by atomic mass is 16.6. The summed E-state index contributed by atoms with van der Waals surface area (Å²) in [5.41, 5.74) is -2.36. The molecule has 4 aliphatic rings. The van der Waals surface area contributed by atoms with E-state index in [-0.39, 0.29) is 47.0 Å². The summed E-state index contributed by atoms with van der Waals surface area (Å²) >= 11 is 0. The first kappa shape index (κ1) is 35.1. The van der Waals surface area contributed by atoms with Crippen LogP contribution in [0.5, 0.6) is 17.2 Å². The summed E-state index contributed by atoms with van der Waals surface area (Å²) in [6, 6.07) is 13.3. The summed E-state index contributed by atoms with van der Waals surface area (Å²) in [5.74, 6) is -7.24. The number of ether oxygens (including phenoxy) is 2. The van der Waals surface area contributed by atoms with Crippen LogP contribution in [-0.4, -0.2) is 66.9 Å². The molecular weight excluding hydrogens is 690 g/mol. The number of hydrogen-bond donors (Lipinski definition) is 1. The molecule has 2 heterocycles. The molecule has 2 aliphatic heterocycles. The van der Waals surface area contributed by atoms with E-state index in [2.05, 4.69) is 0 Å². The summed E-state index contributed by atoms with van der Waals surface area (Å²) < 4.78 is 11.1. The zero-order valence-electron chi connectivity index (χ0n) is 29.3. The number of carbonyl (C=O) groups excluding carboxylic acids is 4. The molecular formula is C37H35N5O11. The van der Waals surface area contributed by atoms with Crippen LogP contribution in [0.3, 0.4) is 0 Å². The molecule has 2 saturated heterocycles. The lowest BCUT2D eigenvalue weighted by Gasteiger charge is -2.49. The second kappa shape index (κ2) is 12.4. The van der Waals surface area contributed by atoms with E-state index in [1.54, 1.807) is 49.4 Å². The van der Waals surface area contributed by atoms with Gasteiger partial charge in [0, 0.05) is 49.8 Å². The molecule has 6 unspecified atom stereocenters. The van der Waals surface area contributed by atoms with Crippen LogP contribution in [0.1, 0.15) is 31.2 Å². The number of hydrogen-bond acceptors (Lipinski definition) is 12. The molecule has 0 bridgehead atoms. The van der Waals surface area contributed by atoms with E-state index >= 15 is 0 Å². The molecule has 4 amide bonds. The Labute approximate surface area is 302 Å². The van der Waals surface area contributed by atoms with E-state index in [9.17, 15) is 44.5 Å². The van der Waals surface area contributed by atoms with Gasteiger partial charge in [-0.25, -0.2) is 9.80 Å². The van der Waals surface area contributed by atoms with Gasteiger partial charge in [0.15, 0.2) is 5.69 Å². The lowest BCUT2D eigenvalue weighted by molar-refractivity contribution is -0.392. The topological polar surface area (TPSA) is 203 Å². The Morgan fingerprint density at radius 2 is 1.49 bits per heavy atom. The minimum atomic E-state index is -1.49. The molecule has 3 aromatic rings. The smallest absolute Gasteiger partial charge is 0.301 e. The SMILES string of the molecule is COc1cc(O)c(C2C3=CCC4C(=O)N(c5cc([N+](=O)[O-])c(N(C)C)c([N+](=O)[O-])c5)C(=O)C4C3CC3C(=O)N(c4ccccc4)C(=O)C32C)c(OC)c1. The zero-order chi connectivity index (χ0) is 38.3. The number of aromatic hydroxyl groups is 1. The fourth-order valence-corrected chi connectivity index (χ4v) is 9.02. The first-order chi connectivity index (χ1) is 25.2. The normalized spacial score (nSPS) is 26.1. The molecule has 274 valence electrons. The van der Waals surface area contributed by atoms with Gasteiger partial charge in [-0.15, -0.1) is 0 Å². The summed E-state index contributed by atoms with van der Waals surface area (Å²) in [7, 11) is 5.60. The highest BCUT2D eigenvalue weighted by molar-refractivity contribution is 6.25. The van der Waals surface area contributed by atoms with Gasteiger partial charge < -0.3 is 19.5 Å². The Bertz CT molecular complexity index is 2130. The quantitative estimate of drug-likeness (QED) is 0.145. The molecule has 16 nitrogen and oxygen atoms in total. The molecule has 7 rings (SSSR count). The van der Waals surface area contributed by atoms with Gasteiger partial charge in [-0.3, -0.25) is 39.4 Å². The van der Waals surface area contributed by atoms with Gasteiger partial charge in [0.2, 0.25) is 23.6 Å². The van der Waals surface area contributed by atoms with Crippen molar-refractivity contribution in [2.75, 3.05) is 43.0 Å². The summed E-state index contributed by atoms with van der Waals surface area (Å²) in [6.07, 6.45) is 1.76. The summed E-state index contributed by atoms with van der Waals surface area (Å²) in [6.45, 7) is 1.66. The van der Waals surface area contributed by atoms with E-state index < -0.39 is 79.9 Å². The van der Waals surface area contributed by atoms with E-state index in [1.807, 2.05) is 0 Å². The summed E-state index contributed by atoms with van der Waals surface area (Å²) in [5, 5.41) is 35.9. The fourth-order valence-electron chi connectivity index (χ4n) is 9.02. The van der Waals surface area contributed by atoms with Gasteiger partial charge in [0.05, 0.1) is 58.6 Å². The summed E-state index contributed by atoms with van der Waals surface area (Å²) in [4.78, 5) is 83.6. The lowest BCUT2D eigenvalue weighted by atomic mass is 9.51. The predicted molar refractivity (Wildman–Crippen MR) is 189 cm³/mol. The number of methoxy groups -OCH3 is 2. The van der Waals surface area contributed by atoms with Crippen molar-refractivity contribution in [1.82, 2.24) is 0 Å². The number of nitrogens with zero attached hydrogens (tertiary/aromatic N) is 5. The number of fused-ring (bicyclic) bond motifs is 4. The zero-order valence-corrected chi connectivity index (χ0v) is 29.3. The van der Waals surface area contributed by atoms with E-state index in [1.165, 1.54) is 39.3 Å². The highest BCUT2D eigenvalue weighted by Gasteiger charge is 2.68. The number of nitro groups is 2. The van der Waals surface area contributed by atoms with E-state index in [0.29, 0.717) is 11.3 Å². The van der Waals surface area contributed by atoms with Crippen LogP contribution in [0.2, 0.25) is 0 Å². The third-order valence-electron chi connectivity index (χ3n) is 11.3. The maximum Gasteiger partial charge on any atom is 0.301 e. The van der Waals surface area contributed by atoms with Crippen molar-refractivity contribution < 1.29 is 43.6 Å². The number of benzene rings is 3. The Morgan fingerprint density at radius 3 is 2.06 bits per heavy atom. The molecule has 1 N–H and O–H groups in total. The highest BCUT2D eigenvalue weighted by Crippen LogP contribution is 2.66. The molecule has 53 heavy (non-hydrogen) atoms. The van der Waals surface area contributed by atoms with Gasteiger partial charge in [-0.2, -0.15) is 0 Å². The maximum atomic E-state index is 14.7. The number of rotatable bonds is 8. The van der Waals surface area contributed by atoms with Crippen LogP contribution in [0.4, 0.5) is 28.4 Å². The van der Waals surface area contributed by atoms with Crippen molar-refractivity contribution in [3.63, 3.8) is 0 Å². The second-order valence-electron chi connectivity index (χ2n) is 14.0. The van der Waals surface area contributed by atoms with Crippen LogP contribution in [0.25, 0.3) is 0 Å². The average molecular weight is 726 g/mol. The van der Waals surface area contributed by atoms with Crippen molar-refractivity contribution in [2.24, 2.45) is 29.1 Å². The third kappa shape index (κ3) is 4.95. The minimum absolute atomic E-state index is 0.0125. The van der Waals surface area contributed by atoms with Crippen molar-refractivity contribution in [2.45, 2.75) is 25.7 Å². The van der Waals surface area contributed by atoms with Crippen LogP contribution < -0.4 is 24.2 Å². The Hall–Kier alpha value is -6.32. The van der Waals surface area contributed by atoms with Gasteiger partial charge in [-0.1, -0.05) is 29.8 Å². The standard InChI is InChI=1S/C37H35N5O11/c1-37-24(34(45)40(36(37)47)18-9-7-6-8-10-18)17-23-21(31(37)30-27(43)15-20(52-4)16-28(30)53-5)11-12-22-29(23)35(46)39(33(22)44)19-13-25(41(48)49)32(38(2)3)26(14-19)42(50)51/h6-11,13-16,22-24,29,31,43H,12,17H2,1-5H3. The Kier molecular flexibility index (Phi) is 8.23. The Morgan fingerprint density at radius 1 is 0.849 bits per heavy atom. The number of carbonyl (C=O) groups is 4. The van der Waals surface area contributed by atoms with Crippen molar-refractivity contribution >= 4 is 52.1 Å². The Balaban J connectivity index is 1.40. The van der Waals surface area contributed by atoms with Crippen LogP contribution in [0.15, 0.2) is 66.2 Å². The largest absolute Gasteiger partial charge is 0.507 e. The number of nitro benzene ring substituents is 2. The number of amides is 4. The van der Waals surface area contributed by atoms with E-state index in [4.69, 9.17) is 9.47 Å². The molecule has 0 radical (unpaired) electrons. The number of para-hydroxylation sites is 1. The van der Waals surface area contributed by atoms with Crippen molar-refractivity contribution in [3.8, 4) is 17.2 Å². The second-order valence-corrected chi connectivity index (χ2v) is 14.0. The van der Waals surface area contributed by atoms with Crippen LogP contribution in [-0.2, 0) is 19.2 Å². The van der Waals surface area contributed by atoms with Gasteiger partial charge >= 0.3 is 11.4 Å². The number of phenolic OH excluding ortho intramolecular Hbond substituents is 1. The number of imide groups is 2. The van der Waals surface area contributed by atoms with Gasteiger partial charge in [0.25, 0.3) is 0 Å². The predicted octanol–water partition coefficient (Wildman–Crippen LogP) is 4.73. The maximum absolute atomic E-state index is 14.7. The van der Waals surface area contributed by atoms with Gasteiger partial charge in [0.1, 0.15) is 17.2 Å². The first-order valence-electron chi connectivity index (χ1n) is 16.8. The third-order valence-corrected chi connectivity index (χ3v) is 11.3. The van der Waals surface area contributed by atoms with E-state index in [0.717, 1.165) is 21.9 Å². The minimum Gasteiger partial charge on any atom is -0.507 e. The lowest BCUT2D eigenvalue weighted by Crippen LogP contribution is -2.49. The van der Waals surface area contributed by atoms with Gasteiger partial charge in [-0.05, 0) is 37.8 Å². The number of phenols is 1.